The van der Waals surface area contributed by atoms with Gasteiger partial charge < -0.3 is 4.74 Å². The third-order valence-electron chi connectivity index (χ3n) is 2.82. The van der Waals surface area contributed by atoms with E-state index in [4.69, 9.17) is 4.74 Å². The largest absolute Gasteiger partial charge is 0.490 e. The Labute approximate surface area is 98.6 Å². The number of ketones is 2. The van der Waals surface area contributed by atoms with Crippen LogP contribution in [0.2, 0.25) is 0 Å². The third-order valence-corrected chi connectivity index (χ3v) is 2.82. The fourth-order valence-electron chi connectivity index (χ4n) is 1.93. The van der Waals surface area contributed by atoms with Gasteiger partial charge in [-0.3, -0.25) is 9.59 Å². The number of carbonyl (C=O) groups excluding carboxylic acids is 2. The van der Waals surface area contributed by atoms with E-state index in [1.54, 1.807) is 6.07 Å². The molecular weight excluding hydrogens is 223 g/mol. The van der Waals surface area contributed by atoms with Crippen LogP contribution in [0.4, 0.5) is 4.39 Å². The molecule has 2 rings (SSSR count). The Morgan fingerprint density at radius 2 is 2.24 bits per heavy atom. The van der Waals surface area contributed by atoms with Crippen LogP contribution in [0.5, 0.6) is 5.75 Å². The van der Waals surface area contributed by atoms with Gasteiger partial charge in [0.05, 0.1) is 5.56 Å². The van der Waals surface area contributed by atoms with E-state index in [1.165, 1.54) is 19.1 Å². The molecule has 90 valence electrons. The molecule has 0 bridgehead atoms. The summed E-state index contributed by atoms with van der Waals surface area (Å²) in [6.45, 7) is 1.31. The van der Waals surface area contributed by atoms with Crippen molar-refractivity contribution in [3.05, 3.63) is 29.6 Å². The number of hydrogen-bond acceptors (Lipinski definition) is 3. The van der Waals surface area contributed by atoms with Gasteiger partial charge in [-0.2, -0.15) is 0 Å². The molecule has 1 atom stereocenters. The van der Waals surface area contributed by atoms with Gasteiger partial charge in [0.2, 0.25) is 0 Å². The maximum atomic E-state index is 13.5. The van der Waals surface area contributed by atoms with Gasteiger partial charge in [-0.05, 0) is 25.5 Å². The average Bonchev–Trinajstić information content (AvgIpc) is 2.63. The van der Waals surface area contributed by atoms with E-state index in [9.17, 15) is 14.0 Å². The average molecular weight is 236 g/mol. The SMILES string of the molecule is CC(=O)c1ccc(OC2CCC(=O)C2)cc1F. The maximum Gasteiger partial charge on any atom is 0.162 e. The molecule has 17 heavy (non-hydrogen) atoms. The molecule has 1 aromatic carbocycles. The van der Waals surface area contributed by atoms with Gasteiger partial charge in [0.15, 0.2) is 5.78 Å². The number of halogens is 1. The molecule has 1 aliphatic carbocycles. The predicted molar refractivity (Wildman–Crippen MR) is 59.7 cm³/mol. The minimum atomic E-state index is -0.584. The Morgan fingerprint density at radius 1 is 1.47 bits per heavy atom. The molecule has 0 heterocycles. The highest BCUT2D eigenvalue weighted by Crippen LogP contribution is 2.23. The first-order valence-corrected chi connectivity index (χ1v) is 5.55. The van der Waals surface area contributed by atoms with E-state index < -0.39 is 5.82 Å². The number of hydrogen-bond donors (Lipinski definition) is 0. The molecule has 1 aliphatic rings. The summed E-state index contributed by atoms with van der Waals surface area (Å²) >= 11 is 0. The molecule has 0 spiro atoms. The van der Waals surface area contributed by atoms with Gasteiger partial charge in [-0.15, -0.1) is 0 Å². The first-order valence-electron chi connectivity index (χ1n) is 5.55. The molecule has 1 aromatic rings. The standard InChI is InChI=1S/C13H13FO3/c1-8(15)12-5-4-11(7-13(12)14)17-10-3-2-9(16)6-10/h4-5,7,10H,2-3,6H2,1H3. The van der Waals surface area contributed by atoms with Gasteiger partial charge >= 0.3 is 0 Å². The molecule has 0 N–H and O–H groups in total. The van der Waals surface area contributed by atoms with Crippen molar-refractivity contribution in [1.82, 2.24) is 0 Å². The van der Waals surface area contributed by atoms with Crippen molar-refractivity contribution in [1.29, 1.82) is 0 Å². The molecule has 3 nitrogen and oxygen atoms in total. The Kier molecular flexibility index (Phi) is 3.22. The summed E-state index contributed by atoms with van der Waals surface area (Å²) in [5.41, 5.74) is 0.0554. The van der Waals surface area contributed by atoms with E-state index in [0.717, 1.165) is 0 Å². The summed E-state index contributed by atoms with van der Waals surface area (Å²) in [6.07, 6.45) is 1.43. The summed E-state index contributed by atoms with van der Waals surface area (Å²) in [5.74, 6) is -0.354. The Bertz CT molecular complexity index is 468. The summed E-state index contributed by atoms with van der Waals surface area (Å²) in [6, 6.07) is 4.16. The van der Waals surface area contributed by atoms with E-state index in [2.05, 4.69) is 0 Å². The van der Waals surface area contributed by atoms with Crippen molar-refractivity contribution in [2.75, 3.05) is 0 Å². The normalized spacial score (nSPS) is 19.4. The van der Waals surface area contributed by atoms with E-state index in [1.807, 2.05) is 0 Å². The zero-order valence-corrected chi connectivity index (χ0v) is 9.53. The van der Waals surface area contributed by atoms with Crippen molar-refractivity contribution in [2.45, 2.75) is 32.3 Å². The number of ether oxygens (including phenoxy) is 1. The lowest BCUT2D eigenvalue weighted by Crippen LogP contribution is -2.12. The number of rotatable bonds is 3. The lowest BCUT2D eigenvalue weighted by Gasteiger charge is -2.12. The Morgan fingerprint density at radius 3 is 2.76 bits per heavy atom. The van der Waals surface area contributed by atoms with Crippen molar-refractivity contribution in [2.24, 2.45) is 0 Å². The Hall–Kier alpha value is -1.71. The quantitative estimate of drug-likeness (QED) is 0.757. The van der Waals surface area contributed by atoms with Crippen LogP contribution in [-0.4, -0.2) is 17.7 Å². The lowest BCUT2D eigenvalue weighted by atomic mass is 10.1. The summed E-state index contributed by atoms with van der Waals surface area (Å²) < 4.78 is 19.0. The van der Waals surface area contributed by atoms with Crippen LogP contribution in [0.3, 0.4) is 0 Å². The zero-order valence-electron chi connectivity index (χ0n) is 9.53. The first kappa shape index (κ1) is 11.8. The summed E-state index contributed by atoms with van der Waals surface area (Å²) in [4.78, 5) is 22.1. The van der Waals surface area contributed by atoms with Gasteiger partial charge in [0.25, 0.3) is 0 Å². The van der Waals surface area contributed by atoms with Crippen LogP contribution < -0.4 is 4.74 Å². The second kappa shape index (κ2) is 4.65. The zero-order chi connectivity index (χ0) is 12.4. The molecule has 0 amide bonds. The topological polar surface area (TPSA) is 43.4 Å². The van der Waals surface area contributed by atoms with Gasteiger partial charge in [0.1, 0.15) is 23.5 Å². The summed E-state index contributed by atoms with van der Waals surface area (Å²) in [7, 11) is 0. The van der Waals surface area contributed by atoms with Crippen molar-refractivity contribution < 1.29 is 18.7 Å². The van der Waals surface area contributed by atoms with Crippen LogP contribution >= 0.6 is 0 Å². The molecule has 4 heteroatoms. The molecule has 1 saturated carbocycles. The van der Waals surface area contributed by atoms with E-state index >= 15 is 0 Å². The molecule has 0 aliphatic heterocycles. The highest BCUT2D eigenvalue weighted by Gasteiger charge is 2.23. The van der Waals surface area contributed by atoms with Gasteiger partial charge in [0, 0.05) is 18.9 Å². The molecule has 0 radical (unpaired) electrons. The number of benzene rings is 1. The molecular formula is C13H13FO3. The molecule has 1 fully saturated rings. The van der Waals surface area contributed by atoms with Gasteiger partial charge in [-0.1, -0.05) is 0 Å². The van der Waals surface area contributed by atoms with Crippen LogP contribution in [-0.2, 0) is 4.79 Å². The van der Waals surface area contributed by atoms with Gasteiger partial charge in [-0.25, -0.2) is 4.39 Å². The molecule has 0 saturated heterocycles. The summed E-state index contributed by atoms with van der Waals surface area (Å²) in [5, 5.41) is 0. The highest BCUT2D eigenvalue weighted by molar-refractivity contribution is 5.94. The number of carbonyl (C=O) groups is 2. The predicted octanol–water partition coefficient (Wildman–Crippen LogP) is 2.53. The van der Waals surface area contributed by atoms with Crippen molar-refractivity contribution in [3.8, 4) is 5.75 Å². The monoisotopic (exact) mass is 236 g/mol. The highest BCUT2D eigenvalue weighted by atomic mass is 19.1. The van der Waals surface area contributed by atoms with E-state index in [-0.39, 0.29) is 23.2 Å². The van der Waals surface area contributed by atoms with Crippen LogP contribution in [0, 0.1) is 5.82 Å². The van der Waals surface area contributed by atoms with Crippen molar-refractivity contribution in [3.63, 3.8) is 0 Å². The third kappa shape index (κ3) is 2.70. The minimum absolute atomic E-state index is 0.0554. The Balaban J connectivity index is 2.10. The van der Waals surface area contributed by atoms with Crippen LogP contribution in [0.1, 0.15) is 36.5 Å². The maximum absolute atomic E-state index is 13.5. The fraction of sp³-hybridized carbons (Fsp3) is 0.385. The second-order valence-corrected chi connectivity index (χ2v) is 4.22. The smallest absolute Gasteiger partial charge is 0.162 e. The molecule has 1 unspecified atom stereocenters. The fourth-order valence-corrected chi connectivity index (χ4v) is 1.93. The first-order chi connectivity index (χ1) is 8.06. The van der Waals surface area contributed by atoms with E-state index in [0.29, 0.717) is 25.0 Å². The lowest BCUT2D eigenvalue weighted by molar-refractivity contribution is -0.117. The van der Waals surface area contributed by atoms with Crippen LogP contribution in [0.25, 0.3) is 0 Å². The minimum Gasteiger partial charge on any atom is -0.490 e. The van der Waals surface area contributed by atoms with Crippen molar-refractivity contribution >= 4 is 11.6 Å². The second-order valence-electron chi connectivity index (χ2n) is 4.22. The number of Topliss-reactive ketones (excluding diaryl/α,β-unsaturated/α-hetero) is 2. The molecule has 0 aromatic heterocycles. The van der Waals surface area contributed by atoms with Crippen LogP contribution in [0.15, 0.2) is 18.2 Å².